The van der Waals surface area contributed by atoms with Gasteiger partial charge in [0.2, 0.25) is 0 Å². The Hall–Kier alpha value is -1.42. The third kappa shape index (κ3) is 2.37. The molecule has 0 N–H and O–H groups in total. The second-order valence-corrected chi connectivity index (χ2v) is 5.34. The fourth-order valence-corrected chi connectivity index (χ4v) is 3.11. The average molecular weight is 264 g/mol. The second kappa shape index (κ2) is 4.93. The summed E-state index contributed by atoms with van der Waals surface area (Å²) in [6, 6.07) is 4.42. The molecular weight excluding hydrogens is 247 g/mol. The summed E-state index contributed by atoms with van der Waals surface area (Å²) in [7, 11) is 1.48. The maximum Gasteiger partial charge on any atom is 0.169 e. The zero-order chi connectivity index (χ0) is 13.4. The first-order chi connectivity index (χ1) is 9.17. The first kappa shape index (κ1) is 12.6. The SMILES string of the molecule is COc1ccc(C(=O)C2CC3CCC(C2)O3)c(F)c1. The Morgan fingerprint density at radius 2 is 2.00 bits per heavy atom. The summed E-state index contributed by atoms with van der Waals surface area (Å²) in [5.74, 6) is -0.265. The van der Waals surface area contributed by atoms with Gasteiger partial charge in [0.25, 0.3) is 0 Å². The molecule has 3 nitrogen and oxygen atoms in total. The van der Waals surface area contributed by atoms with E-state index < -0.39 is 5.82 Å². The molecule has 1 aromatic rings. The fraction of sp³-hybridized carbons (Fsp3) is 0.533. The van der Waals surface area contributed by atoms with Gasteiger partial charge in [-0.25, -0.2) is 4.39 Å². The molecule has 19 heavy (non-hydrogen) atoms. The van der Waals surface area contributed by atoms with E-state index in [1.54, 1.807) is 6.07 Å². The minimum absolute atomic E-state index is 0.0969. The molecule has 0 spiro atoms. The standard InChI is InChI=1S/C15H17FO3/c1-18-10-4-5-13(14(16)8-10)15(17)9-6-11-2-3-12(7-9)19-11/h4-5,8-9,11-12H,2-3,6-7H2,1H3. The summed E-state index contributed by atoms with van der Waals surface area (Å²) in [5.41, 5.74) is 0.173. The zero-order valence-electron chi connectivity index (χ0n) is 10.9. The van der Waals surface area contributed by atoms with Crippen LogP contribution in [-0.2, 0) is 4.74 Å². The minimum Gasteiger partial charge on any atom is -0.497 e. The molecule has 2 atom stereocenters. The monoisotopic (exact) mass is 264 g/mol. The zero-order valence-corrected chi connectivity index (χ0v) is 10.9. The van der Waals surface area contributed by atoms with Crippen LogP contribution in [0, 0.1) is 11.7 Å². The topological polar surface area (TPSA) is 35.5 Å². The summed E-state index contributed by atoms with van der Waals surface area (Å²) in [6.07, 6.45) is 3.88. The Balaban J connectivity index is 1.80. The van der Waals surface area contributed by atoms with Crippen LogP contribution in [-0.4, -0.2) is 25.1 Å². The number of methoxy groups -OCH3 is 1. The van der Waals surface area contributed by atoms with Crippen LogP contribution < -0.4 is 4.74 Å². The highest BCUT2D eigenvalue weighted by atomic mass is 19.1. The largest absolute Gasteiger partial charge is 0.497 e. The molecule has 2 aliphatic heterocycles. The molecule has 2 fully saturated rings. The lowest BCUT2D eigenvalue weighted by Gasteiger charge is -2.27. The Labute approximate surface area is 111 Å². The number of rotatable bonds is 3. The van der Waals surface area contributed by atoms with Crippen LogP contribution in [0.3, 0.4) is 0 Å². The van der Waals surface area contributed by atoms with Gasteiger partial charge in [0.15, 0.2) is 5.78 Å². The van der Waals surface area contributed by atoms with E-state index in [0.717, 1.165) is 25.7 Å². The molecule has 0 aliphatic carbocycles. The predicted molar refractivity (Wildman–Crippen MR) is 67.9 cm³/mol. The Morgan fingerprint density at radius 1 is 1.32 bits per heavy atom. The van der Waals surface area contributed by atoms with Crippen LogP contribution in [0.1, 0.15) is 36.0 Å². The van der Waals surface area contributed by atoms with E-state index in [-0.39, 0.29) is 29.5 Å². The van der Waals surface area contributed by atoms with Crippen LogP contribution in [0.5, 0.6) is 5.75 Å². The Bertz CT molecular complexity index is 488. The smallest absolute Gasteiger partial charge is 0.169 e. The molecule has 4 heteroatoms. The van der Waals surface area contributed by atoms with Crippen molar-refractivity contribution in [3.63, 3.8) is 0 Å². The predicted octanol–water partition coefficient (Wildman–Crippen LogP) is 2.97. The first-order valence-electron chi connectivity index (χ1n) is 6.70. The van der Waals surface area contributed by atoms with E-state index in [2.05, 4.69) is 0 Å². The van der Waals surface area contributed by atoms with Crippen molar-refractivity contribution in [2.24, 2.45) is 5.92 Å². The molecule has 0 aromatic heterocycles. The van der Waals surface area contributed by atoms with Crippen LogP contribution in [0.25, 0.3) is 0 Å². The van der Waals surface area contributed by atoms with E-state index in [1.165, 1.54) is 19.2 Å². The summed E-state index contributed by atoms with van der Waals surface area (Å²) < 4.78 is 24.6. The van der Waals surface area contributed by atoms with Crippen molar-refractivity contribution in [1.82, 2.24) is 0 Å². The third-order valence-corrected chi connectivity index (χ3v) is 4.10. The number of benzene rings is 1. The van der Waals surface area contributed by atoms with Crippen molar-refractivity contribution in [2.45, 2.75) is 37.9 Å². The molecule has 102 valence electrons. The van der Waals surface area contributed by atoms with Gasteiger partial charge in [-0.1, -0.05) is 0 Å². The highest BCUT2D eigenvalue weighted by Gasteiger charge is 2.38. The van der Waals surface area contributed by atoms with Gasteiger partial charge in [0, 0.05) is 12.0 Å². The van der Waals surface area contributed by atoms with E-state index in [0.29, 0.717) is 5.75 Å². The minimum atomic E-state index is -0.497. The highest BCUT2D eigenvalue weighted by Crippen LogP contribution is 2.37. The lowest BCUT2D eigenvalue weighted by atomic mass is 9.88. The summed E-state index contributed by atoms with van der Waals surface area (Å²) in [4.78, 5) is 12.4. The molecule has 0 amide bonds. The van der Waals surface area contributed by atoms with E-state index in [4.69, 9.17) is 9.47 Å². The molecule has 2 unspecified atom stereocenters. The van der Waals surface area contributed by atoms with Gasteiger partial charge in [-0.15, -0.1) is 0 Å². The molecule has 2 bridgehead atoms. The van der Waals surface area contributed by atoms with Crippen LogP contribution in [0.2, 0.25) is 0 Å². The van der Waals surface area contributed by atoms with Crippen molar-refractivity contribution in [3.8, 4) is 5.75 Å². The number of carbonyl (C=O) groups is 1. The molecule has 1 aromatic carbocycles. The third-order valence-electron chi connectivity index (χ3n) is 4.10. The number of halogens is 1. The average Bonchev–Trinajstić information content (AvgIpc) is 2.76. The van der Waals surface area contributed by atoms with Crippen molar-refractivity contribution < 1.29 is 18.7 Å². The van der Waals surface area contributed by atoms with Gasteiger partial charge in [-0.3, -0.25) is 4.79 Å². The van der Waals surface area contributed by atoms with Gasteiger partial charge < -0.3 is 9.47 Å². The van der Waals surface area contributed by atoms with Gasteiger partial charge in [0.1, 0.15) is 11.6 Å². The normalized spacial score (nSPS) is 29.3. The van der Waals surface area contributed by atoms with Crippen molar-refractivity contribution in [2.75, 3.05) is 7.11 Å². The van der Waals surface area contributed by atoms with Crippen molar-refractivity contribution in [3.05, 3.63) is 29.6 Å². The molecule has 2 saturated heterocycles. The fourth-order valence-electron chi connectivity index (χ4n) is 3.11. The number of fused-ring (bicyclic) bond motifs is 2. The van der Waals surface area contributed by atoms with Gasteiger partial charge >= 0.3 is 0 Å². The van der Waals surface area contributed by atoms with E-state index in [9.17, 15) is 9.18 Å². The van der Waals surface area contributed by atoms with Crippen LogP contribution in [0.15, 0.2) is 18.2 Å². The lowest BCUT2D eigenvalue weighted by Crippen LogP contribution is -2.30. The summed E-state index contributed by atoms with van der Waals surface area (Å²) in [6.45, 7) is 0. The molecule has 0 saturated carbocycles. The second-order valence-electron chi connectivity index (χ2n) is 5.34. The van der Waals surface area contributed by atoms with Gasteiger partial charge in [-0.05, 0) is 37.8 Å². The van der Waals surface area contributed by atoms with Crippen LogP contribution >= 0.6 is 0 Å². The van der Waals surface area contributed by atoms with Crippen molar-refractivity contribution >= 4 is 5.78 Å². The summed E-state index contributed by atoms with van der Waals surface area (Å²) >= 11 is 0. The van der Waals surface area contributed by atoms with Crippen LogP contribution in [0.4, 0.5) is 4.39 Å². The number of ether oxygens (including phenoxy) is 2. The number of carbonyl (C=O) groups excluding carboxylic acids is 1. The molecule has 3 rings (SSSR count). The molecule has 0 radical (unpaired) electrons. The number of ketones is 1. The molecule has 2 aliphatic rings. The number of hydrogen-bond acceptors (Lipinski definition) is 3. The van der Waals surface area contributed by atoms with Gasteiger partial charge in [-0.2, -0.15) is 0 Å². The first-order valence-corrected chi connectivity index (χ1v) is 6.70. The molecular formula is C15H17FO3. The Morgan fingerprint density at radius 3 is 2.58 bits per heavy atom. The highest BCUT2D eigenvalue weighted by molar-refractivity contribution is 5.98. The van der Waals surface area contributed by atoms with Crippen molar-refractivity contribution in [1.29, 1.82) is 0 Å². The quantitative estimate of drug-likeness (QED) is 0.787. The summed E-state index contributed by atoms with van der Waals surface area (Å²) in [5, 5.41) is 0. The Kier molecular flexibility index (Phi) is 3.27. The van der Waals surface area contributed by atoms with E-state index in [1.807, 2.05) is 0 Å². The maximum atomic E-state index is 13.9. The number of hydrogen-bond donors (Lipinski definition) is 0. The molecule has 2 heterocycles. The maximum absolute atomic E-state index is 13.9. The van der Waals surface area contributed by atoms with E-state index >= 15 is 0 Å². The van der Waals surface area contributed by atoms with Gasteiger partial charge in [0.05, 0.1) is 24.9 Å². The lowest BCUT2D eigenvalue weighted by molar-refractivity contribution is -0.0150. The number of Topliss-reactive ketones (excluding diaryl/α,β-unsaturated/α-hetero) is 1.